The molecule has 1 aromatic carbocycles. The second-order valence-corrected chi connectivity index (χ2v) is 9.76. The highest BCUT2D eigenvalue weighted by molar-refractivity contribution is 6.04. The lowest BCUT2D eigenvalue weighted by atomic mass is 9.95. The normalized spacial score (nSPS) is 14.2. The minimum absolute atomic E-state index is 0.112. The first-order valence-corrected chi connectivity index (χ1v) is 12.6. The molecule has 1 aliphatic rings. The maximum absolute atomic E-state index is 13.1. The molecule has 0 saturated carbocycles. The van der Waals surface area contributed by atoms with Crippen LogP contribution in [0.1, 0.15) is 42.5 Å². The van der Waals surface area contributed by atoms with E-state index in [9.17, 15) is 32.7 Å². The number of urea groups is 1. The zero-order valence-corrected chi connectivity index (χ0v) is 22.2. The van der Waals surface area contributed by atoms with Gasteiger partial charge in [0.25, 0.3) is 5.91 Å². The van der Waals surface area contributed by atoms with E-state index in [0.29, 0.717) is 42.6 Å². The summed E-state index contributed by atoms with van der Waals surface area (Å²) in [6.07, 6.45) is -3.01. The van der Waals surface area contributed by atoms with Crippen LogP contribution in [-0.2, 0) is 27.9 Å². The topological polar surface area (TPSA) is 130 Å². The van der Waals surface area contributed by atoms with E-state index in [1.54, 1.807) is 34.8 Å². The Morgan fingerprint density at radius 2 is 1.85 bits per heavy atom. The van der Waals surface area contributed by atoms with Crippen LogP contribution in [0.4, 0.5) is 23.7 Å². The zero-order chi connectivity index (χ0) is 29.2. The van der Waals surface area contributed by atoms with Crippen molar-refractivity contribution in [3.05, 3.63) is 53.5 Å². The Morgan fingerprint density at radius 1 is 1.12 bits per heavy atom. The van der Waals surface area contributed by atoms with Gasteiger partial charge in [0, 0.05) is 42.5 Å². The predicted octanol–water partition coefficient (Wildman–Crippen LogP) is 3.23. The first kappa shape index (κ1) is 28.8. The summed E-state index contributed by atoms with van der Waals surface area (Å²) in [6, 6.07) is 5.91. The molecule has 40 heavy (non-hydrogen) atoms. The second kappa shape index (κ2) is 11.1. The fraction of sp³-hybridized carbons (Fsp3) is 0.423. The monoisotopic (exact) mass is 562 g/mol. The van der Waals surface area contributed by atoms with Gasteiger partial charge in [0.2, 0.25) is 0 Å². The summed E-state index contributed by atoms with van der Waals surface area (Å²) < 4.78 is 45.7. The minimum atomic E-state index is -4.71. The number of benzene rings is 1. The summed E-state index contributed by atoms with van der Waals surface area (Å²) in [5.74, 6) is -1.34. The molecule has 0 atom stereocenters. The molecule has 14 heteroatoms. The number of esters is 1. The Hall–Kier alpha value is -4.20. The first-order chi connectivity index (χ1) is 18.8. The van der Waals surface area contributed by atoms with Gasteiger partial charge < -0.3 is 25.0 Å². The summed E-state index contributed by atoms with van der Waals surface area (Å²) in [5.41, 5.74) is -2.06. The number of hydrogen-bond donors (Lipinski definition) is 2. The Kier molecular flexibility index (Phi) is 8.00. The summed E-state index contributed by atoms with van der Waals surface area (Å²) in [7, 11) is 0. The van der Waals surface area contributed by atoms with Crippen molar-refractivity contribution in [1.82, 2.24) is 24.6 Å². The van der Waals surface area contributed by atoms with Gasteiger partial charge in [-0.05, 0) is 45.0 Å². The van der Waals surface area contributed by atoms with Crippen molar-refractivity contribution < 1.29 is 37.4 Å². The molecular formula is C26H29F3N6O5. The van der Waals surface area contributed by atoms with Crippen LogP contribution in [0.5, 0.6) is 0 Å². The number of carbonyl (C=O) groups excluding carboxylic acids is 3. The fourth-order valence-corrected chi connectivity index (χ4v) is 4.32. The van der Waals surface area contributed by atoms with Gasteiger partial charge in [0.15, 0.2) is 0 Å². The van der Waals surface area contributed by atoms with E-state index in [1.165, 1.54) is 24.8 Å². The van der Waals surface area contributed by atoms with Crippen molar-refractivity contribution in [2.75, 3.05) is 38.1 Å². The van der Waals surface area contributed by atoms with E-state index >= 15 is 0 Å². The maximum atomic E-state index is 13.1. The summed E-state index contributed by atoms with van der Waals surface area (Å²) in [4.78, 5) is 43.6. The van der Waals surface area contributed by atoms with E-state index in [-0.39, 0.29) is 24.9 Å². The van der Waals surface area contributed by atoms with Crippen molar-refractivity contribution in [3.63, 3.8) is 0 Å². The highest BCUT2D eigenvalue weighted by atomic mass is 19.4. The van der Waals surface area contributed by atoms with E-state index in [2.05, 4.69) is 15.4 Å². The van der Waals surface area contributed by atoms with Crippen LogP contribution in [-0.4, -0.2) is 80.4 Å². The molecule has 0 unspecified atom stereocenters. The van der Waals surface area contributed by atoms with Crippen LogP contribution in [0.25, 0.3) is 10.9 Å². The molecule has 0 radical (unpaired) electrons. The van der Waals surface area contributed by atoms with Gasteiger partial charge in [-0.3, -0.25) is 14.3 Å². The van der Waals surface area contributed by atoms with E-state index in [1.807, 2.05) is 0 Å². The molecule has 1 saturated heterocycles. The van der Waals surface area contributed by atoms with Gasteiger partial charge in [-0.15, -0.1) is 0 Å². The number of ether oxygens (including phenoxy) is 1. The molecule has 214 valence electrons. The average molecular weight is 563 g/mol. The van der Waals surface area contributed by atoms with Crippen molar-refractivity contribution in [1.29, 1.82) is 0 Å². The van der Waals surface area contributed by atoms with Gasteiger partial charge in [-0.2, -0.15) is 18.3 Å². The number of nitrogens with zero attached hydrogens (tertiary/aromatic N) is 5. The van der Waals surface area contributed by atoms with Crippen LogP contribution < -0.4 is 5.32 Å². The zero-order valence-electron chi connectivity index (χ0n) is 22.2. The Morgan fingerprint density at radius 3 is 2.52 bits per heavy atom. The summed E-state index contributed by atoms with van der Waals surface area (Å²) in [5, 5.41) is 18.4. The average Bonchev–Trinajstić information content (AvgIpc) is 3.43. The van der Waals surface area contributed by atoms with Crippen LogP contribution in [0.2, 0.25) is 0 Å². The highest BCUT2D eigenvalue weighted by Crippen LogP contribution is 2.32. The fourth-order valence-electron chi connectivity index (χ4n) is 4.32. The van der Waals surface area contributed by atoms with Gasteiger partial charge >= 0.3 is 18.2 Å². The molecule has 2 N–H and O–H groups in total. The number of fused-ring (bicyclic) bond motifs is 1. The van der Waals surface area contributed by atoms with Crippen molar-refractivity contribution in [2.24, 2.45) is 0 Å². The number of anilines is 1. The van der Waals surface area contributed by atoms with Crippen LogP contribution in [0, 0.1) is 0 Å². The lowest BCUT2D eigenvalue weighted by Gasteiger charge is -2.22. The summed E-state index contributed by atoms with van der Waals surface area (Å²) in [6.45, 7) is 6.34. The van der Waals surface area contributed by atoms with Crippen molar-refractivity contribution >= 4 is 34.5 Å². The predicted molar refractivity (Wildman–Crippen MR) is 137 cm³/mol. The molecule has 1 aliphatic heterocycles. The molecule has 4 rings (SSSR count). The molecular weight excluding hydrogens is 533 g/mol. The third-order valence-electron chi connectivity index (χ3n) is 6.28. The van der Waals surface area contributed by atoms with Gasteiger partial charge in [0.05, 0.1) is 24.3 Å². The number of nitrogens with one attached hydrogen (secondary N) is 1. The smallest absolute Gasteiger partial charge is 0.433 e. The molecule has 0 bridgehead atoms. The SMILES string of the molecule is CCOC(=O)CN1CCN(CCn2cc3cc(NC(=O)c4cccc(C(F)(F)F)n4)c(C(C)(C)O)cc3n2)C1=O. The number of halogens is 3. The third-order valence-corrected chi connectivity index (χ3v) is 6.28. The maximum Gasteiger partial charge on any atom is 0.433 e. The standard InChI is InChI=1S/C26H29F3N6O5/c1-4-40-22(36)15-34-9-8-33(24(34)38)10-11-35-14-16-12-20(17(25(2,3)39)13-19(16)32-35)31-23(37)18-6-5-7-21(30-18)26(27,28)29/h5-7,12-14,39H,4,8-11,15H2,1-3H3,(H,31,37). The number of alkyl halides is 3. The lowest BCUT2D eigenvalue weighted by molar-refractivity contribution is -0.143. The number of pyridine rings is 1. The largest absolute Gasteiger partial charge is 0.465 e. The Labute approximate surface area is 227 Å². The number of aromatic nitrogens is 3. The third kappa shape index (κ3) is 6.50. The van der Waals surface area contributed by atoms with E-state index in [0.717, 1.165) is 12.1 Å². The van der Waals surface area contributed by atoms with Gasteiger partial charge in [0.1, 0.15) is 17.9 Å². The molecule has 3 aromatic rings. The molecule has 2 aromatic heterocycles. The Balaban J connectivity index is 1.51. The highest BCUT2D eigenvalue weighted by Gasteiger charge is 2.33. The van der Waals surface area contributed by atoms with Gasteiger partial charge in [-0.25, -0.2) is 9.78 Å². The first-order valence-electron chi connectivity index (χ1n) is 12.6. The number of rotatable bonds is 9. The van der Waals surface area contributed by atoms with E-state index in [4.69, 9.17) is 4.74 Å². The van der Waals surface area contributed by atoms with Crippen molar-refractivity contribution in [2.45, 2.75) is 39.1 Å². The number of aliphatic hydroxyl groups is 1. The van der Waals surface area contributed by atoms with Gasteiger partial charge in [-0.1, -0.05) is 6.07 Å². The van der Waals surface area contributed by atoms with Crippen LogP contribution in [0.3, 0.4) is 0 Å². The number of carbonyl (C=O) groups is 3. The second-order valence-electron chi connectivity index (χ2n) is 9.76. The molecule has 1 fully saturated rings. The number of hydrogen-bond acceptors (Lipinski definition) is 7. The molecule has 0 spiro atoms. The number of amides is 3. The Bertz CT molecular complexity index is 1430. The molecule has 3 heterocycles. The molecule has 11 nitrogen and oxygen atoms in total. The quantitative estimate of drug-likeness (QED) is 0.383. The molecule has 3 amide bonds. The molecule has 0 aliphatic carbocycles. The van der Waals surface area contributed by atoms with E-state index < -0.39 is 35.0 Å². The van der Waals surface area contributed by atoms with Crippen LogP contribution in [0.15, 0.2) is 36.5 Å². The van der Waals surface area contributed by atoms with Crippen molar-refractivity contribution in [3.8, 4) is 0 Å². The minimum Gasteiger partial charge on any atom is -0.465 e. The summed E-state index contributed by atoms with van der Waals surface area (Å²) >= 11 is 0. The van der Waals surface area contributed by atoms with Crippen LogP contribution >= 0.6 is 0 Å². The lowest BCUT2D eigenvalue weighted by Crippen LogP contribution is -2.37.